The van der Waals surface area contributed by atoms with Gasteiger partial charge in [-0.05, 0) is 36.0 Å². The number of aliphatic imine (C=N–C) groups is 1. The molecule has 2 rings (SSSR count). The van der Waals surface area contributed by atoms with Crippen LogP contribution in [0.3, 0.4) is 0 Å². The van der Waals surface area contributed by atoms with E-state index >= 15 is 0 Å². The van der Waals surface area contributed by atoms with Crippen molar-refractivity contribution in [3.05, 3.63) is 46.6 Å². The lowest BCUT2D eigenvalue weighted by Crippen LogP contribution is -2.21. The topological polar surface area (TPSA) is 84.8 Å². The highest BCUT2D eigenvalue weighted by Gasteiger charge is 2.25. The minimum absolute atomic E-state index is 0.0458. The Bertz CT molecular complexity index is 667. The van der Waals surface area contributed by atoms with E-state index in [0.29, 0.717) is 0 Å². The molecule has 0 saturated carbocycles. The van der Waals surface area contributed by atoms with Gasteiger partial charge >= 0.3 is 5.97 Å². The molecule has 8 heteroatoms. The second-order valence-corrected chi connectivity index (χ2v) is 4.85. The third-order valence-electron chi connectivity index (χ3n) is 2.40. The van der Waals surface area contributed by atoms with Crippen LogP contribution in [0, 0.1) is 5.82 Å². The van der Waals surface area contributed by atoms with Crippen LogP contribution in [0.1, 0.15) is 10.4 Å². The third-order valence-corrected chi connectivity index (χ3v) is 3.31. The molecule has 1 N–H and O–H groups in total. The summed E-state index contributed by atoms with van der Waals surface area (Å²) in [5.41, 5.74) is 0.184. The predicted molar refractivity (Wildman–Crippen MR) is 74.0 cm³/mol. The maximum Gasteiger partial charge on any atom is 0.331 e. The van der Waals surface area contributed by atoms with Crippen molar-refractivity contribution in [2.45, 2.75) is 0 Å². The number of esters is 1. The summed E-state index contributed by atoms with van der Waals surface area (Å²) >= 11 is 0.843. The lowest BCUT2D eigenvalue weighted by molar-refractivity contribution is -0.135. The molecule has 21 heavy (non-hydrogen) atoms. The van der Waals surface area contributed by atoms with Gasteiger partial charge in [-0.15, -0.1) is 0 Å². The second kappa shape index (κ2) is 6.31. The highest BCUT2D eigenvalue weighted by atomic mass is 32.2. The zero-order valence-corrected chi connectivity index (χ0v) is 11.6. The van der Waals surface area contributed by atoms with Gasteiger partial charge in [-0.2, -0.15) is 4.99 Å². The van der Waals surface area contributed by atoms with Crippen LogP contribution in [-0.2, 0) is 14.3 Å². The van der Waals surface area contributed by atoms with Crippen molar-refractivity contribution in [1.82, 2.24) is 5.32 Å². The van der Waals surface area contributed by atoms with E-state index in [1.165, 1.54) is 19.2 Å². The van der Waals surface area contributed by atoms with Crippen LogP contribution >= 0.6 is 11.8 Å². The molecule has 0 aliphatic carbocycles. The van der Waals surface area contributed by atoms with E-state index in [1.807, 2.05) is 0 Å². The summed E-state index contributed by atoms with van der Waals surface area (Å²) in [6, 6.07) is 4.84. The summed E-state index contributed by atoms with van der Waals surface area (Å²) in [6.07, 6.45) is 1.00. The fraction of sp³-hybridized carbons (Fsp3) is 0.0769. The number of benzene rings is 1. The number of amidine groups is 1. The van der Waals surface area contributed by atoms with Crippen LogP contribution in [0.5, 0.6) is 0 Å². The number of thioether (sulfide) groups is 1. The first kappa shape index (κ1) is 14.9. The monoisotopic (exact) mass is 308 g/mol. The van der Waals surface area contributed by atoms with Gasteiger partial charge in [0.25, 0.3) is 11.8 Å². The molecular weight excluding hydrogens is 299 g/mol. The molecule has 1 aromatic carbocycles. The number of hydrogen-bond acceptors (Lipinski definition) is 5. The molecule has 0 spiro atoms. The summed E-state index contributed by atoms with van der Waals surface area (Å²) in [7, 11) is 1.18. The number of carbonyl (C=O) groups is 3. The Morgan fingerprint density at radius 2 is 2.00 bits per heavy atom. The van der Waals surface area contributed by atoms with E-state index in [1.54, 1.807) is 0 Å². The Hall–Kier alpha value is -2.48. The smallest absolute Gasteiger partial charge is 0.331 e. The van der Waals surface area contributed by atoms with Crippen LogP contribution in [-0.4, -0.2) is 30.1 Å². The van der Waals surface area contributed by atoms with Gasteiger partial charge < -0.3 is 10.1 Å². The zero-order chi connectivity index (χ0) is 15.4. The van der Waals surface area contributed by atoms with Crippen LogP contribution in [0.15, 0.2) is 40.2 Å². The summed E-state index contributed by atoms with van der Waals surface area (Å²) in [4.78, 5) is 38.2. The van der Waals surface area contributed by atoms with Crippen LogP contribution < -0.4 is 5.32 Å². The minimum atomic E-state index is -0.682. The van der Waals surface area contributed by atoms with Crippen molar-refractivity contribution >= 4 is 34.7 Å². The van der Waals surface area contributed by atoms with E-state index in [0.717, 1.165) is 30.0 Å². The number of carbonyl (C=O) groups excluding carboxylic acids is 3. The molecule has 0 aromatic heterocycles. The molecule has 1 aromatic rings. The number of rotatable bonds is 2. The van der Waals surface area contributed by atoms with E-state index in [4.69, 9.17) is 0 Å². The summed E-state index contributed by atoms with van der Waals surface area (Å²) in [6.45, 7) is 0. The number of nitrogens with one attached hydrogen (secondary N) is 1. The van der Waals surface area contributed by atoms with Crippen molar-refractivity contribution in [1.29, 1.82) is 0 Å². The Balaban J connectivity index is 2.14. The fourth-order valence-electron chi connectivity index (χ4n) is 1.40. The fourth-order valence-corrected chi connectivity index (χ4v) is 2.18. The Kier molecular flexibility index (Phi) is 4.49. The predicted octanol–water partition coefficient (Wildman–Crippen LogP) is 1.24. The van der Waals surface area contributed by atoms with Crippen LogP contribution in [0.4, 0.5) is 4.39 Å². The molecular formula is C13H9FN2O4S. The molecule has 0 atom stereocenters. The molecule has 1 aliphatic rings. The largest absolute Gasteiger partial charge is 0.466 e. The van der Waals surface area contributed by atoms with Crippen molar-refractivity contribution in [2.24, 2.45) is 4.99 Å². The first-order valence-corrected chi connectivity index (χ1v) is 6.48. The van der Waals surface area contributed by atoms with Crippen LogP contribution in [0.2, 0.25) is 0 Å². The first-order valence-electron chi connectivity index (χ1n) is 5.67. The second-order valence-electron chi connectivity index (χ2n) is 3.82. The maximum absolute atomic E-state index is 12.8. The van der Waals surface area contributed by atoms with E-state index in [-0.39, 0.29) is 15.6 Å². The van der Waals surface area contributed by atoms with E-state index < -0.39 is 23.6 Å². The zero-order valence-electron chi connectivity index (χ0n) is 10.8. The molecule has 1 aliphatic heterocycles. The molecule has 0 radical (unpaired) electrons. The molecule has 1 fully saturated rings. The SMILES string of the molecule is COC(=O)/C=C1\SC(=NC(=O)c2ccc(F)cc2)NC1=O. The quantitative estimate of drug-likeness (QED) is 0.656. The minimum Gasteiger partial charge on any atom is -0.466 e. The Morgan fingerprint density at radius 1 is 1.33 bits per heavy atom. The number of nitrogens with zero attached hydrogens (tertiary/aromatic N) is 1. The van der Waals surface area contributed by atoms with E-state index in [2.05, 4.69) is 15.0 Å². The number of amides is 2. The van der Waals surface area contributed by atoms with Gasteiger partial charge in [0.05, 0.1) is 12.0 Å². The van der Waals surface area contributed by atoms with Gasteiger partial charge in [0.15, 0.2) is 5.17 Å². The Labute approximate surface area is 123 Å². The van der Waals surface area contributed by atoms with Crippen molar-refractivity contribution in [2.75, 3.05) is 7.11 Å². The van der Waals surface area contributed by atoms with Crippen LogP contribution in [0.25, 0.3) is 0 Å². The number of hydrogen-bond donors (Lipinski definition) is 1. The molecule has 108 valence electrons. The lowest BCUT2D eigenvalue weighted by atomic mass is 10.2. The molecule has 6 nitrogen and oxygen atoms in total. The average molecular weight is 308 g/mol. The van der Waals surface area contributed by atoms with Crippen molar-refractivity contribution in [3.63, 3.8) is 0 Å². The lowest BCUT2D eigenvalue weighted by Gasteiger charge is -1.96. The average Bonchev–Trinajstić information content (AvgIpc) is 2.79. The van der Waals surface area contributed by atoms with Gasteiger partial charge in [0, 0.05) is 11.6 Å². The van der Waals surface area contributed by atoms with E-state index in [9.17, 15) is 18.8 Å². The van der Waals surface area contributed by atoms with Gasteiger partial charge in [0.2, 0.25) is 0 Å². The molecule has 1 heterocycles. The maximum atomic E-state index is 12.8. The van der Waals surface area contributed by atoms with Crippen molar-refractivity contribution in [3.8, 4) is 0 Å². The van der Waals surface area contributed by atoms with Gasteiger partial charge in [-0.1, -0.05) is 0 Å². The number of methoxy groups -OCH3 is 1. The molecule has 1 saturated heterocycles. The van der Waals surface area contributed by atoms with Crippen molar-refractivity contribution < 1.29 is 23.5 Å². The third kappa shape index (κ3) is 3.76. The number of ether oxygens (including phenoxy) is 1. The normalized spacial score (nSPS) is 17.9. The number of halogens is 1. The molecule has 0 bridgehead atoms. The van der Waals surface area contributed by atoms with Gasteiger partial charge in [0.1, 0.15) is 5.82 Å². The first-order chi connectivity index (χ1) is 9.99. The summed E-state index contributed by atoms with van der Waals surface area (Å²) in [5, 5.41) is 2.39. The highest BCUT2D eigenvalue weighted by Crippen LogP contribution is 2.23. The molecule has 0 unspecified atom stereocenters. The Morgan fingerprint density at radius 3 is 2.62 bits per heavy atom. The van der Waals surface area contributed by atoms with Gasteiger partial charge in [-0.25, -0.2) is 9.18 Å². The van der Waals surface area contributed by atoms with Gasteiger partial charge in [-0.3, -0.25) is 9.59 Å². The summed E-state index contributed by atoms with van der Waals surface area (Å²) in [5.74, 6) is -2.32. The molecule has 2 amide bonds. The highest BCUT2D eigenvalue weighted by molar-refractivity contribution is 8.18. The standard InChI is InChI=1S/C13H9FN2O4S/c1-20-10(17)6-9-12(19)16-13(21-9)15-11(18)7-2-4-8(14)5-3-7/h2-6H,1H3,(H,15,16,18,19)/b9-6-. The summed E-state index contributed by atoms with van der Waals surface area (Å²) < 4.78 is 17.2.